The van der Waals surface area contributed by atoms with E-state index < -0.39 is 10.0 Å². The Labute approximate surface area is 155 Å². The number of aryl methyl sites for hydroxylation is 2. The summed E-state index contributed by atoms with van der Waals surface area (Å²) in [6.45, 7) is 6.05. The predicted molar refractivity (Wildman–Crippen MR) is 97.6 cm³/mol. The number of nitrogens with one attached hydrogen (secondary N) is 1. The minimum Gasteiger partial charge on any atom is -0.466 e. The number of sulfonamides is 1. The van der Waals surface area contributed by atoms with Crippen molar-refractivity contribution in [3.8, 4) is 0 Å². The van der Waals surface area contributed by atoms with Crippen molar-refractivity contribution in [2.75, 3.05) is 32.5 Å². The minimum absolute atomic E-state index is 0.0142. The highest BCUT2D eigenvalue weighted by Gasteiger charge is 2.41. The molecule has 146 valence electrons. The molecule has 7 nitrogen and oxygen atoms in total. The van der Waals surface area contributed by atoms with Crippen LogP contribution in [0.5, 0.6) is 0 Å². The number of likely N-dealkylation sites (tertiary alicyclic amines) is 1. The third kappa shape index (κ3) is 4.47. The van der Waals surface area contributed by atoms with Crippen molar-refractivity contribution in [1.29, 1.82) is 0 Å². The lowest BCUT2D eigenvalue weighted by molar-refractivity contribution is -0.122. The number of piperidine rings is 1. The van der Waals surface area contributed by atoms with Gasteiger partial charge in [-0.25, -0.2) is 13.1 Å². The standard InChI is InChI=1S/C18H28N2O5S/c1-13-10-16(14(2)25-13)17(21)20-7-5-18(6-8-20)11-15(4-9-24-18)12-19-26(3,22)23/h10,15,19H,4-9,11-12H2,1-3H3. The van der Waals surface area contributed by atoms with Crippen LogP contribution in [0.15, 0.2) is 10.5 Å². The SMILES string of the molecule is Cc1cc(C(=O)N2CCC3(CC2)CC(CNS(C)(=O)=O)CCO3)c(C)o1. The lowest BCUT2D eigenvalue weighted by Crippen LogP contribution is -2.51. The Kier molecular flexibility index (Phi) is 5.46. The average Bonchev–Trinajstić information content (AvgIpc) is 2.91. The van der Waals surface area contributed by atoms with Crippen molar-refractivity contribution < 1.29 is 22.4 Å². The summed E-state index contributed by atoms with van der Waals surface area (Å²) in [5, 5.41) is 0. The van der Waals surface area contributed by atoms with Crippen molar-refractivity contribution in [3.05, 3.63) is 23.2 Å². The van der Waals surface area contributed by atoms with Gasteiger partial charge in [-0.05, 0) is 51.5 Å². The zero-order chi connectivity index (χ0) is 18.9. The predicted octanol–water partition coefficient (Wildman–Crippen LogP) is 1.85. The van der Waals surface area contributed by atoms with Gasteiger partial charge < -0.3 is 14.1 Å². The number of furan rings is 1. The first kappa shape index (κ1) is 19.4. The van der Waals surface area contributed by atoms with E-state index in [0.29, 0.717) is 37.6 Å². The molecular formula is C18H28N2O5S. The first-order valence-corrected chi connectivity index (χ1v) is 11.0. The van der Waals surface area contributed by atoms with Gasteiger partial charge in [-0.1, -0.05) is 0 Å². The van der Waals surface area contributed by atoms with Gasteiger partial charge in [0.1, 0.15) is 11.5 Å². The van der Waals surface area contributed by atoms with E-state index in [9.17, 15) is 13.2 Å². The Morgan fingerprint density at radius 3 is 2.62 bits per heavy atom. The molecule has 1 spiro atoms. The van der Waals surface area contributed by atoms with Crippen LogP contribution in [0.4, 0.5) is 0 Å². The molecule has 0 bridgehead atoms. The van der Waals surface area contributed by atoms with Gasteiger partial charge in [0.15, 0.2) is 0 Å². The lowest BCUT2D eigenvalue weighted by atomic mass is 9.79. The quantitative estimate of drug-likeness (QED) is 0.856. The Balaban J connectivity index is 1.58. The van der Waals surface area contributed by atoms with Crippen molar-refractivity contribution in [2.24, 2.45) is 5.92 Å². The maximum Gasteiger partial charge on any atom is 0.257 e. The molecule has 3 heterocycles. The average molecular weight is 384 g/mol. The van der Waals surface area contributed by atoms with E-state index in [1.54, 1.807) is 6.07 Å². The Morgan fingerprint density at radius 2 is 2.04 bits per heavy atom. The number of carbonyl (C=O) groups is 1. The van der Waals surface area contributed by atoms with Gasteiger partial charge >= 0.3 is 0 Å². The van der Waals surface area contributed by atoms with Gasteiger partial charge in [0.25, 0.3) is 5.91 Å². The molecule has 2 aliphatic rings. The Morgan fingerprint density at radius 1 is 1.35 bits per heavy atom. The van der Waals surface area contributed by atoms with Crippen LogP contribution >= 0.6 is 0 Å². The largest absolute Gasteiger partial charge is 0.466 e. The van der Waals surface area contributed by atoms with Gasteiger partial charge in [0.05, 0.1) is 17.4 Å². The summed E-state index contributed by atoms with van der Waals surface area (Å²) < 4.78 is 36.8. The molecule has 2 saturated heterocycles. The molecule has 3 rings (SSSR count). The summed E-state index contributed by atoms with van der Waals surface area (Å²) in [6, 6.07) is 1.80. The van der Waals surface area contributed by atoms with Gasteiger partial charge in [-0.15, -0.1) is 0 Å². The van der Waals surface area contributed by atoms with Gasteiger partial charge in [-0.3, -0.25) is 4.79 Å². The lowest BCUT2D eigenvalue weighted by Gasteiger charge is -2.46. The van der Waals surface area contributed by atoms with E-state index in [1.807, 2.05) is 18.7 Å². The first-order valence-electron chi connectivity index (χ1n) is 9.12. The fourth-order valence-corrected chi connectivity index (χ4v) is 4.59. The van der Waals surface area contributed by atoms with Crippen LogP contribution in [0, 0.1) is 19.8 Å². The van der Waals surface area contributed by atoms with Crippen molar-refractivity contribution in [3.63, 3.8) is 0 Å². The maximum atomic E-state index is 12.7. The summed E-state index contributed by atoms with van der Waals surface area (Å²) in [4.78, 5) is 14.6. The second-order valence-electron chi connectivity index (χ2n) is 7.63. The molecule has 1 aromatic heterocycles. The first-order chi connectivity index (χ1) is 12.2. The molecular weight excluding hydrogens is 356 g/mol. The van der Waals surface area contributed by atoms with Crippen LogP contribution in [0.2, 0.25) is 0 Å². The van der Waals surface area contributed by atoms with Gasteiger partial charge in [0.2, 0.25) is 10.0 Å². The molecule has 1 unspecified atom stereocenters. The fraction of sp³-hybridized carbons (Fsp3) is 0.722. The molecule has 0 radical (unpaired) electrons. The second-order valence-corrected chi connectivity index (χ2v) is 9.46. The summed E-state index contributed by atoms with van der Waals surface area (Å²) in [5.74, 6) is 1.70. The highest BCUT2D eigenvalue weighted by molar-refractivity contribution is 7.88. The third-order valence-corrected chi connectivity index (χ3v) is 6.15. The summed E-state index contributed by atoms with van der Waals surface area (Å²) in [5.41, 5.74) is 0.401. The molecule has 2 fully saturated rings. The van der Waals surface area contributed by atoms with E-state index in [-0.39, 0.29) is 17.4 Å². The van der Waals surface area contributed by atoms with Crippen LogP contribution < -0.4 is 4.72 Å². The van der Waals surface area contributed by atoms with E-state index in [4.69, 9.17) is 9.15 Å². The number of ether oxygens (including phenoxy) is 1. The van der Waals surface area contributed by atoms with Crippen molar-refractivity contribution >= 4 is 15.9 Å². The van der Waals surface area contributed by atoms with Crippen LogP contribution in [-0.4, -0.2) is 57.3 Å². The summed E-state index contributed by atoms with van der Waals surface area (Å²) in [7, 11) is -3.17. The van der Waals surface area contributed by atoms with E-state index in [1.165, 1.54) is 6.26 Å². The molecule has 26 heavy (non-hydrogen) atoms. The van der Waals surface area contributed by atoms with Gasteiger partial charge in [0, 0.05) is 26.2 Å². The number of nitrogens with zero attached hydrogens (tertiary/aromatic N) is 1. The fourth-order valence-electron chi connectivity index (χ4n) is 4.05. The zero-order valence-corrected chi connectivity index (χ0v) is 16.5. The van der Waals surface area contributed by atoms with Crippen LogP contribution in [0.1, 0.15) is 47.6 Å². The van der Waals surface area contributed by atoms with E-state index in [0.717, 1.165) is 31.4 Å². The number of rotatable bonds is 4. The van der Waals surface area contributed by atoms with Crippen molar-refractivity contribution in [1.82, 2.24) is 9.62 Å². The summed E-state index contributed by atoms with van der Waals surface area (Å²) >= 11 is 0. The highest BCUT2D eigenvalue weighted by atomic mass is 32.2. The smallest absolute Gasteiger partial charge is 0.257 e. The van der Waals surface area contributed by atoms with Crippen LogP contribution in [0.3, 0.4) is 0 Å². The Bertz CT molecular complexity index is 763. The number of hydrogen-bond acceptors (Lipinski definition) is 5. The molecule has 1 aromatic rings. The minimum atomic E-state index is -3.17. The zero-order valence-electron chi connectivity index (χ0n) is 15.7. The molecule has 2 aliphatic heterocycles. The topological polar surface area (TPSA) is 88.9 Å². The maximum absolute atomic E-state index is 12.7. The Hall–Kier alpha value is -1.38. The van der Waals surface area contributed by atoms with Crippen molar-refractivity contribution in [2.45, 2.75) is 45.1 Å². The molecule has 0 aliphatic carbocycles. The number of amides is 1. The molecule has 0 aromatic carbocycles. The molecule has 1 N–H and O–H groups in total. The number of hydrogen-bond donors (Lipinski definition) is 1. The van der Waals surface area contributed by atoms with E-state index >= 15 is 0 Å². The highest BCUT2D eigenvalue weighted by Crippen LogP contribution is 2.38. The number of carbonyl (C=O) groups excluding carboxylic acids is 1. The van der Waals surface area contributed by atoms with Crippen LogP contribution in [-0.2, 0) is 14.8 Å². The third-order valence-electron chi connectivity index (χ3n) is 5.46. The van der Waals surface area contributed by atoms with E-state index in [2.05, 4.69) is 4.72 Å². The van der Waals surface area contributed by atoms with Crippen LogP contribution in [0.25, 0.3) is 0 Å². The molecule has 1 amide bonds. The molecule has 1 atom stereocenters. The summed E-state index contributed by atoms with van der Waals surface area (Å²) in [6.07, 6.45) is 4.45. The molecule has 0 saturated carbocycles. The molecule has 8 heteroatoms. The van der Waals surface area contributed by atoms with Gasteiger partial charge in [-0.2, -0.15) is 0 Å². The second kappa shape index (κ2) is 7.32. The monoisotopic (exact) mass is 384 g/mol. The normalized spacial score (nSPS) is 23.3.